The van der Waals surface area contributed by atoms with E-state index in [9.17, 15) is 33.7 Å². The van der Waals surface area contributed by atoms with Gasteiger partial charge in [-0.1, -0.05) is 107 Å². The second-order valence-electron chi connectivity index (χ2n) is 28.5. The number of nitrogens with two attached hydrogens (primary N) is 1. The Hall–Kier alpha value is -13.0. The number of sulfone groups is 4. The number of hydrogen-bond donors (Lipinski definition) is 1. The van der Waals surface area contributed by atoms with E-state index in [-0.39, 0.29) is 39.2 Å². The summed E-state index contributed by atoms with van der Waals surface area (Å²) in [5, 5.41) is 0. The van der Waals surface area contributed by atoms with E-state index in [1.807, 2.05) is 106 Å². The van der Waals surface area contributed by atoms with E-state index in [0.717, 1.165) is 44.5 Å². The quantitative estimate of drug-likeness (QED) is 0.0326. The van der Waals surface area contributed by atoms with Crippen LogP contribution < -0.4 is 38.9 Å². The van der Waals surface area contributed by atoms with E-state index >= 15 is 0 Å². The van der Waals surface area contributed by atoms with Crippen molar-refractivity contribution in [1.82, 2.24) is 0 Å². The van der Waals surface area contributed by atoms with Crippen LogP contribution in [-0.2, 0) is 56.6 Å². The summed E-state index contributed by atoms with van der Waals surface area (Å²) >= 11 is 0. The van der Waals surface area contributed by atoms with Gasteiger partial charge < -0.3 is 38.9 Å². The maximum Gasteiger partial charge on any atom is 0.206 e. The van der Waals surface area contributed by atoms with Crippen LogP contribution >= 0.6 is 0 Å². The summed E-state index contributed by atoms with van der Waals surface area (Å²) in [5.41, 5.74) is 12.7. The monoisotopic (exact) mass is 1630 g/mol. The molecule has 2 N–H and O–H groups in total. The number of allylic oxidation sites excluding steroid dienone is 4. The summed E-state index contributed by atoms with van der Waals surface area (Å²) in [6.07, 6.45) is 14.0. The highest BCUT2D eigenvalue weighted by molar-refractivity contribution is 7.92. The molecule has 13 aromatic carbocycles. The largest absolute Gasteiger partial charge is 0.497 e. The van der Waals surface area contributed by atoms with Gasteiger partial charge in [-0.05, 0) is 304 Å². The minimum atomic E-state index is -3.97. The molecule has 20 heteroatoms. The third-order valence-electron chi connectivity index (χ3n) is 19.9. The Kier molecular flexibility index (Phi) is 24.3. The van der Waals surface area contributed by atoms with Gasteiger partial charge in [-0.3, -0.25) is 0 Å². The second kappa shape index (κ2) is 34.6. The molecule has 0 saturated heterocycles. The minimum absolute atomic E-state index is 0.0401. The lowest BCUT2D eigenvalue weighted by Gasteiger charge is -2.28. The number of hydrogen-bond acceptors (Lipinski definition) is 16. The third kappa shape index (κ3) is 18.4. The van der Waals surface area contributed by atoms with E-state index in [4.69, 9.17) is 38.9 Å². The first-order valence-corrected chi connectivity index (χ1v) is 43.4. The molecule has 0 heterocycles. The molecule has 0 aliphatic carbocycles. The fourth-order valence-corrected chi connectivity index (χ4v) is 18.2. The van der Waals surface area contributed by atoms with Gasteiger partial charge in [0.2, 0.25) is 39.3 Å². The number of nitrogen functional groups attached to an aromatic ring is 1. The van der Waals surface area contributed by atoms with Gasteiger partial charge in [-0.15, -0.1) is 6.58 Å². The highest BCUT2D eigenvalue weighted by Crippen LogP contribution is 2.43. The van der Waals surface area contributed by atoms with Crippen LogP contribution in [0.1, 0.15) is 93.0 Å². The number of ether oxygens (including phenoxy) is 7. The number of methoxy groups -OCH3 is 1. The number of benzene rings is 13. The van der Waals surface area contributed by atoms with Gasteiger partial charge in [-0.25, -0.2) is 33.7 Å². The maximum absolute atomic E-state index is 14.2. The highest BCUT2D eigenvalue weighted by Gasteiger charge is 2.30. The van der Waals surface area contributed by atoms with Crippen molar-refractivity contribution in [2.75, 3.05) is 12.8 Å². The third-order valence-corrected chi connectivity index (χ3v) is 27.1. The van der Waals surface area contributed by atoms with Crippen molar-refractivity contribution in [3.05, 3.63) is 367 Å². The molecule has 0 unspecified atom stereocenters. The molecular weight excluding hydrogens is 1550 g/mol. The van der Waals surface area contributed by atoms with Gasteiger partial charge in [0.05, 0.1) is 46.3 Å². The Labute approximate surface area is 684 Å². The minimum Gasteiger partial charge on any atom is -0.497 e. The molecule has 0 atom stereocenters. The van der Waals surface area contributed by atoms with Crippen LogP contribution in [-0.4, -0.2) is 40.8 Å². The van der Waals surface area contributed by atoms with Crippen LogP contribution in [0.25, 0.3) is 18.2 Å². The molecule has 0 aliphatic heterocycles. The van der Waals surface area contributed by atoms with Crippen LogP contribution in [0.4, 0.5) is 5.69 Å². The summed E-state index contributed by atoms with van der Waals surface area (Å²) in [6, 6.07) is 80.4. The Bertz CT molecular complexity index is 6390. The zero-order chi connectivity index (χ0) is 82.9. The Morgan fingerprint density at radius 2 is 0.547 bits per heavy atom. The van der Waals surface area contributed by atoms with E-state index in [0.29, 0.717) is 86.9 Å². The predicted octanol–water partition coefficient (Wildman–Crippen LogP) is 23.8. The zero-order valence-electron chi connectivity index (χ0n) is 65.5. The first-order valence-electron chi connectivity index (χ1n) is 37.4. The predicted molar refractivity (Wildman–Crippen MR) is 459 cm³/mol. The molecule has 0 amide bonds. The maximum atomic E-state index is 14.2. The molecule has 0 saturated carbocycles. The molecule has 0 fully saturated rings. The smallest absolute Gasteiger partial charge is 0.206 e. The van der Waals surface area contributed by atoms with Gasteiger partial charge >= 0.3 is 0 Å². The van der Waals surface area contributed by atoms with Gasteiger partial charge in [-0.2, -0.15) is 0 Å². The van der Waals surface area contributed by atoms with Gasteiger partial charge in [0.15, 0.2) is 0 Å². The fourth-order valence-electron chi connectivity index (χ4n) is 13.2. The highest BCUT2D eigenvalue weighted by atomic mass is 32.2. The molecule has 592 valence electrons. The summed E-state index contributed by atoms with van der Waals surface area (Å²) in [7, 11) is -14.1. The van der Waals surface area contributed by atoms with Crippen molar-refractivity contribution in [2.24, 2.45) is 0 Å². The van der Waals surface area contributed by atoms with Crippen LogP contribution in [0.3, 0.4) is 0 Å². The van der Waals surface area contributed by atoms with E-state index in [1.54, 1.807) is 103 Å². The van der Waals surface area contributed by atoms with Gasteiger partial charge in [0.1, 0.15) is 74.7 Å². The van der Waals surface area contributed by atoms with Crippen molar-refractivity contribution in [1.29, 1.82) is 0 Å². The first kappa shape index (κ1) is 82.0. The fraction of sp³-hybridized carbons (Fsp3) is 0.113. The molecule has 0 bridgehead atoms. The molecule has 13 rings (SSSR count). The van der Waals surface area contributed by atoms with E-state index in [1.165, 1.54) is 128 Å². The lowest BCUT2D eigenvalue weighted by atomic mass is 9.77. The van der Waals surface area contributed by atoms with Crippen LogP contribution in [0.5, 0.6) is 74.7 Å². The van der Waals surface area contributed by atoms with Crippen LogP contribution in [0, 0.1) is 0 Å². The Morgan fingerprint density at radius 3 is 0.812 bits per heavy atom. The zero-order valence-corrected chi connectivity index (χ0v) is 68.8. The normalized spacial score (nSPS) is 12.2. The van der Waals surface area contributed by atoms with Crippen molar-refractivity contribution >= 4 is 63.3 Å². The molecule has 0 spiro atoms. The van der Waals surface area contributed by atoms with E-state index in [2.05, 4.69) is 58.5 Å². The lowest BCUT2D eigenvalue weighted by molar-refractivity contribution is 0.414. The summed E-state index contributed by atoms with van der Waals surface area (Å²) in [6.45, 7) is 18.4. The number of anilines is 1. The van der Waals surface area contributed by atoms with Crippen molar-refractivity contribution < 1.29 is 66.8 Å². The Balaban J connectivity index is 0.615. The SMILES string of the molecule is C=CCc1cc(C(C)(C)c2ccc(Oc3ccc(S(=O)(=O)c4ccc(Oc5ccc(C(C)(C)c6ccc(Oc7ccc(S(=O)(=O)c8ccc(OC)cc8)cc7)c(/C=C/C)c6)cc5/C=C/C)cc4)cc3)c(/C=C/C)c2)ccc1Oc1ccc(S(=O)(=O)c2ccc(Oc3ccc(S(=O)(=O)c4ccc(Oc5cccc(N)c5)cc4)cc3)cc2)cc1. The first-order chi connectivity index (χ1) is 56.1. The molecular formula is C97H85NO15S4. The summed E-state index contributed by atoms with van der Waals surface area (Å²) in [4.78, 5) is 0.703. The van der Waals surface area contributed by atoms with Gasteiger partial charge in [0.25, 0.3) is 0 Å². The average molecular weight is 1630 g/mol. The molecule has 0 aromatic heterocycles. The molecule has 117 heavy (non-hydrogen) atoms. The number of rotatable bonds is 30. The van der Waals surface area contributed by atoms with Crippen molar-refractivity contribution in [2.45, 2.75) is 105 Å². The van der Waals surface area contributed by atoms with Crippen molar-refractivity contribution in [3.63, 3.8) is 0 Å². The topological polar surface area (TPSA) is 227 Å². The van der Waals surface area contributed by atoms with Crippen LogP contribution in [0.15, 0.2) is 361 Å². The van der Waals surface area contributed by atoms with E-state index < -0.39 is 50.2 Å². The average Bonchev–Trinajstić information content (AvgIpc) is 0.761. The van der Waals surface area contributed by atoms with Crippen LogP contribution in [0.2, 0.25) is 0 Å². The second-order valence-corrected chi connectivity index (χ2v) is 36.3. The lowest BCUT2D eigenvalue weighted by Crippen LogP contribution is -2.19. The summed E-state index contributed by atoms with van der Waals surface area (Å²) in [5.74, 6) is 6.31. The molecule has 13 aromatic rings. The summed E-state index contributed by atoms with van der Waals surface area (Å²) < 4.78 is 153. The standard InChI is InChI=1S/C97H85NO15S4/c1-10-15-66-61-70(21-57-92(66)110-79-33-49-88(50-34-79)114(99,100)84-41-25-75(107-9)26-42-84)96(5,6)72-23-59-94(68(63-72)17-12-3)112-81-37-53-90(54-38-81)117(105,106)91-55-39-82(40-56-91)113-95-60-24-73(64-69(95)18-13-4)97(7,8)71-22-58-93(67(62-71)16-11-2)111-80-35-51-89(52-36-80)116(103,104)86-45-29-77(30-46-86)108-76-27-43-85(44-28-76)115(101,102)87-47-31-78(32-48-87)109-83-20-14-19-74(98)65-83/h10-15,17-65H,2,16,98H2,1,3-9H3/b15-10+,17-12+,18-13+. The Morgan fingerprint density at radius 1 is 0.299 bits per heavy atom. The molecule has 0 aliphatic rings. The molecule has 0 radical (unpaired) electrons. The molecule has 16 nitrogen and oxygen atoms in total. The van der Waals surface area contributed by atoms with Gasteiger partial charge in [0, 0.05) is 39.3 Å². The van der Waals surface area contributed by atoms with Crippen molar-refractivity contribution in [3.8, 4) is 74.7 Å².